The van der Waals surface area contributed by atoms with Crippen molar-refractivity contribution < 1.29 is 4.42 Å². The van der Waals surface area contributed by atoms with Crippen LogP contribution in [0.5, 0.6) is 0 Å². The molecule has 0 aliphatic heterocycles. The number of furan rings is 1. The molecular weight excluding hydrogens is 749 g/mol. The van der Waals surface area contributed by atoms with Gasteiger partial charge in [0.25, 0.3) is 0 Å². The molecule has 0 spiro atoms. The Bertz CT molecular complexity index is 3470. The minimum absolute atomic E-state index is 0.901. The standard InChI is InChI=1S/C56H36N2OS/c1-2-10-37(11-3-1)38-18-26-43(27-19-38)57(45-32-24-41(25-33-45)54-36-42-12-4-9-17-53(42)60-54)44-28-20-39(21-29-44)40-22-30-46(31-23-40)58-50-15-7-5-13-47(50)48-34-35-52-55(56(48)58)49-14-6-8-16-51(49)59-52/h1-36H. The van der Waals surface area contributed by atoms with Crippen LogP contribution < -0.4 is 4.90 Å². The number of anilines is 3. The van der Waals surface area contributed by atoms with Crippen LogP contribution >= 0.6 is 11.3 Å². The lowest BCUT2D eigenvalue weighted by Crippen LogP contribution is -2.09. The van der Waals surface area contributed by atoms with Crippen molar-refractivity contribution in [3.8, 4) is 38.4 Å². The summed E-state index contributed by atoms with van der Waals surface area (Å²) in [6, 6.07) is 78.6. The highest BCUT2D eigenvalue weighted by Gasteiger charge is 2.19. The van der Waals surface area contributed by atoms with Crippen molar-refractivity contribution in [2.75, 3.05) is 4.90 Å². The Kier molecular flexibility index (Phi) is 8.03. The monoisotopic (exact) mass is 784 g/mol. The van der Waals surface area contributed by atoms with Crippen LogP contribution in [0.15, 0.2) is 223 Å². The van der Waals surface area contributed by atoms with Crippen LogP contribution in [0.25, 0.3) is 92.2 Å². The van der Waals surface area contributed by atoms with Gasteiger partial charge >= 0.3 is 0 Å². The van der Waals surface area contributed by atoms with Gasteiger partial charge in [0, 0.05) is 48.5 Å². The molecule has 60 heavy (non-hydrogen) atoms. The highest BCUT2D eigenvalue weighted by molar-refractivity contribution is 7.22. The van der Waals surface area contributed by atoms with Gasteiger partial charge in [0.15, 0.2) is 0 Å². The fourth-order valence-electron chi connectivity index (χ4n) is 8.92. The molecule has 0 amide bonds. The van der Waals surface area contributed by atoms with E-state index in [9.17, 15) is 0 Å². The zero-order chi connectivity index (χ0) is 39.6. The first-order valence-corrected chi connectivity index (χ1v) is 21.1. The molecule has 0 unspecified atom stereocenters. The summed E-state index contributed by atoms with van der Waals surface area (Å²) in [6.45, 7) is 0. The minimum Gasteiger partial charge on any atom is -0.456 e. The molecule has 3 heterocycles. The van der Waals surface area contributed by atoms with Crippen LogP contribution in [0.2, 0.25) is 0 Å². The Hall–Kier alpha value is -7.66. The van der Waals surface area contributed by atoms with Crippen molar-refractivity contribution >= 4 is 82.2 Å². The molecule has 0 aliphatic carbocycles. The van der Waals surface area contributed by atoms with Gasteiger partial charge in [-0.05, 0) is 118 Å². The Balaban J connectivity index is 0.910. The average molecular weight is 785 g/mol. The summed E-state index contributed by atoms with van der Waals surface area (Å²) in [5.74, 6) is 0. The molecule has 3 nitrogen and oxygen atoms in total. The lowest BCUT2D eigenvalue weighted by Gasteiger charge is -2.26. The van der Waals surface area contributed by atoms with E-state index in [1.807, 2.05) is 17.4 Å². The second-order valence-corrected chi connectivity index (χ2v) is 16.4. The van der Waals surface area contributed by atoms with Gasteiger partial charge in [-0.2, -0.15) is 0 Å². The van der Waals surface area contributed by atoms with Crippen molar-refractivity contribution in [2.24, 2.45) is 0 Å². The van der Waals surface area contributed by atoms with Crippen LogP contribution in [0.4, 0.5) is 17.1 Å². The van der Waals surface area contributed by atoms with E-state index in [1.54, 1.807) is 0 Å². The van der Waals surface area contributed by atoms with E-state index in [0.717, 1.165) is 55.8 Å². The van der Waals surface area contributed by atoms with Gasteiger partial charge < -0.3 is 13.9 Å². The topological polar surface area (TPSA) is 21.3 Å². The third-order valence-corrected chi connectivity index (χ3v) is 13.0. The van der Waals surface area contributed by atoms with Gasteiger partial charge in [-0.1, -0.05) is 133 Å². The number of nitrogens with zero attached hydrogens (tertiary/aromatic N) is 2. The van der Waals surface area contributed by atoms with Gasteiger partial charge in [0.2, 0.25) is 0 Å². The van der Waals surface area contributed by atoms with E-state index in [-0.39, 0.29) is 0 Å². The molecule has 0 saturated heterocycles. The number of aromatic nitrogens is 1. The van der Waals surface area contributed by atoms with Crippen LogP contribution in [-0.2, 0) is 0 Å². The SMILES string of the molecule is c1ccc(-c2ccc(N(c3ccc(-c4ccc(-n5c6ccccc6c6ccc7oc8ccccc8c7c65)cc4)cc3)c3ccc(-c4cc5ccccc5s4)cc3)cc2)cc1. The maximum Gasteiger partial charge on any atom is 0.137 e. The van der Waals surface area contributed by atoms with E-state index in [4.69, 9.17) is 4.42 Å². The second-order valence-electron chi connectivity index (χ2n) is 15.3. The molecule has 0 radical (unpaired) electrons. The molecule has 0 N–H and O–H groups in total. The summed E-state index contributed by atoms with van der Waals surface area (Å²) in [4.78, 5) is 3.62. The van der Waals surface area contributed by atoms with Crippen LogP contribution in [0, 0.1) is 0 Å². The molecule has 0 bridgehead atoms. The molecule has 4 heteroatoms. The molecule has 0 fully saturated rings. The molecule has 12 aromatic rings. The van der Waals surface area contributed by atoms with Gasteiger partial charge in [-0.3, -0.25) is 0 Å². The van der Waals surface area contributed by atoms with E-state index >= 15 is 0 Å². The minimum atomic E-state index is 0.901. The number of para-hydroxylation sites is 2. The Morgan fingerprint density at radius 2 is 0.950 bits per heavy atom. The summed E-state index contributed by atoms with van der Waals surface area (Å²) >= 11 is 1.84. The summed E-state index contributed by atoms with van der Waals surface area (Å²) in [6.07, 6.45) is 0. The number of hydrogen-bond donors (Lipinski definition) is 0. The van der Waals surface area contributed by atoms with Crippen molar-refractivity contribution in [1.29, 1.82) is 0 Å². The average Bonchev–Trinajstić information content (AvgIpc) is 4.02. The summed E-state index contributed by atoms with van der Waals surface area (Å²) in [5.41, 5.74) is 14.5. The fourth-order valence-corrected chi connectivity index (χ4v) is 9.99. The lowest BCUT2D eigenvalue weighted by atomic mass is 10.0. The molecule has 0 aliphatic rings. The molecule has 3 aromatic heterocycles. The predicted octanol–water partition coefficient (Wildman–Crippen LogP) is 16.4. The van der Waals surface area contributed by atoms with Crippen molar-refractivity contribution in [3.05, 3.63) is 218 Å². The lowest BCUT2D eigenvalue weighted by molar-refractivity contribution is 0.669. The third kappa shape index (κ3) is 5.72. The highest BCUT2D eigenvalue weighted by atomic mass is 32.1. The molecule has 0 saturated carbocycles. The first-order valence-electron chi connectivity index (χ1n) is 20.3. The second kappa shape index (κ2) is 14.0. The number of fused-ring (bicyclic) bond motifs is 8. The van der Waals surface area contributed by atoms with E-state index in [2.05, 4.69) is 222 Å². The molecule has 282 valence electrons. The number of hydrogen-bond acceptors (Lipinski definition) is 3. The Morgan fingerprint density at radius 3 is 1.63 bits per heavy atom. The smallest absolute Gasteiger partial charge is 0.137 e. The summed E-state index contributed by atoms with van der Waals surface area (Å²) in [7, 11) is 0. The molecule has 12 rings (SSSR count). The van der Waals surface area contributed by atoms with Crippen molar-refractivity contribution in [2.45, 2.75) is 0 Å². The largest absolute Gasteiger partial charge is 0.456 e. The van der Waals surface area contributed by atoms with Gasteiger partial charge in [0.1, 0.15) is 11.2 Å². The number of benzene rings is 9. The Morgan fingerprint density at radius 1 is 0.400 bits per heavy atom. The van der Waals surface area contributed by atoms with Crippen LogP contribution in [-0.4, -0.2) is 4.57 Å². The van der Waals surface area contributed by atoms with Crippen molar-refractivity contribution in [1.82, 2.24) is 4.57 Å². The van der Waals surface area contributed by atoms with E-state index in [0.29, 0.717) is 0 Å². The van der Waals surface area contributed by atoms with Gasteiger partial charge in [0.05, 0.1) is 16.4 Å². The predicted molar refractivity (Wildman–Crippen MR) is 254 cm³/mol. The summed E-state index contributed by atoms with van der Waals surface area (Å²) < 4.78 is 10.1. The van der Waals surface area contributed by atoms with Crippen LogP contribution in [0.3, 0.4) is 0 Å². The third-order valence-electron chi connectivity index (χ3n) is 11.8. The highest BCUT2D eigenvalue weighted by Crippen LogP contribution is 2.42. The fraction of sp³-hybridized carbons (Fsp3) is 0. The number of rotatable bonds is 7. The Labute approximate surface area is 351 Å². The maximum absolute atomic E-state index is 6.35. The van der Waals surface area contributed by atoms with Crippen LogP contribution in [0.1, 0.15) is 0 Å². The summed E-state index contributed by atoms with van der Waals surface area (Å²) in [5, 5.41) is 6.01. The number of thiophene rings is 1. The quantitative estimate of drug-likeness (QED) is 0.161. The van der Waals surface area contributed by atoms with E-state index < -0.39 is 0 Å². The van der Waals surface area contributed by atoms with E-state index in [1.165, 1.54) is 53.5 Å². The molecule has 0 atom stereocenters. The zero-order valence-corrected chi connectivity index (χ0v) is 33.3. The maximum atomic E-state index is 6.35. The molecular formula is C56H36N2OS. The van der Waals surface area contributed by atoms with Gasteiger partial charge in [-0.25, -0.2) is 0 Å². The first-order chi connectivity index (χ1) is 29.7. The molecule has 9 aromatic carbocycles. The van der Waals surface area contributed by atoms with Crippen molar-refractivity contribution in [3.63, 3.8) is 0 Å². The normalized spacial score (nSPS) is 11.7. The van der Waals surface area contributed by atoms with Gasteiger partial charge in [-0.15, -0.1) is 11.3 Å². The first kappa shape index (κ1) is 34.4. The zero-order valence-electron chi connectivity index (χ0n) is 32.5.